The average molecular weight is 235 g/mol. The van der Waals surface area contributed by atoms with Crippen molar-refractivity contribution in [3.05, 3.63) is 23.3 Å². The Morgan fingerprint density at radius 2 is 2.12 bits per heavy atom. The zero-order valence-electron chi connectivity index (χ0n) is 8.47. The highest BCUT2D eigenvalue weighted by molar-refractivity contribution is 7.17. The lowest BCUT2D eigenvalue weighted by atomic mass is 10.3. The summed E-state index contributed by atoms with van der Waals surface area (Å²) in [6.45, 7) is 0. The van der Waals surface area contributed by atoms with E-state index in [2.05, 4.69) is 20.3 Å². The van der Waals surface area contributed by atoms with Crippen molar-refractivity contribution in [2.45, 2.75) is 0 Å². The Morgan fingerprint density at radius 3 is 2.75 bits per heavy atom. The minimum atomic E-state index is -0.239. The van der Waals surface area contributed by atoms with Crippen LogP contribution in [0.2, 0.25) is 0 Å². The van der Waals surface area contributed by atoms with Crippen molar-refractivity contribution in [2.75, 3.05) is 12.8 Å². The minimum Gasteiger partial charge on any atom is -0.375 e. The van der Waals surface area contributed by atoms with Gasteiger partial charge in [0.1, 0.15) is 10.6 Å². The topological polar surface area (TPSA) is 93.8 Å². The third-order valence-corrected chi connectivity index (χ3v) is 2.74. The number of carbonyl (C=O) groups is 1. The van der Waals surface area contributed by atoms with Crippen molar-refractivity contribution in [3.8, 4) is 11.5 Å². The number of anilines is 1. The Morgan fingerprint density at radius 1 is 1.44 bits per heavy atom. The van der Waals surface area contributed by atoms with Gasteiger partial charge >= 0.3 is 0 Å². The van der Waals surface area contributed by atoms with Crippen LogP contribution in [0.4, 0.5) is 5.13 Å². The van der Waals surface area contributed by atoms with E-state index in [1.807, 2.05) is 0 Å². The molecule has 2 aromatic rings. The molecule has 0 unspecified atom stereocenters. The minimum absolute atomic E-state index is 0.239. The molecular formula is C9H9N5OS. The number of rotatable bonds is 2. The van der Waals surface area contributed by atoms with Crippen LogP contribution in [0.5, 0.6) is 0 Å². The van der Waals surface area contributed by atoms with E-state index in [0.717, 1.165) is 11.3 Å². The van der Waals surface area contributed by atoms with Crippen LogP contribution in [-0.4, -0.2) is 27.9 Å². The normalized spacial score (nSPS) is 10.1. The standard InChI is InChI=1S/C9H9N5OS/c1-11-8(15)6-5(14-9(10)16-6)7-12-3-2-4-13-7/h2-4H,1H3,(H2,10,14)(H,11,15). The van der Waals surface area contributed by atoms with Crippen LogP contribution in [0, 0.1) is 0 Å². The van der Waals surface area contributed by atoms with E-state index < -0.39 is 0 Å². The number of nitrogens with two attached hydrogens (primary N) is 1. The second kappa shape index (κ2) is 4.23. The van der Waals surface area contributed by atoms with E-state index in [-0.39, 0.29) is 5.91 Å². The maximum atomic E-state index is 11.6. The first-order valence-electron chi connectivity index (χ1n) is 4.48. The Balaban J connectivity index is 2.53. The summed E-state index contributed by atoms with van der Waals surface area (Å²) < 4.78 is 0. The summed E-state index contributed by atoms with van der Waals surface area (Å²) in [6, 6.07) is 1.69. The van der Waals surface area contributed by atoms with Gasteiger partial charge < -0.3 is 11.1 Å². The van der Waals surface area contributed by atoms with Gasteiger partial charge in [0.25, 0.3) is 5.91 Å². The van der Waals surface area contributed by atoms with Crippen LogP contribution in [0.25, 0.3) is 11.5 Å². The van der Waals surface area contributed by atoms with Crippen LogP contribution in [-0.2, 0) is 0 Å². The molecule has 0 saturated heterocycles. The van der Waals surface area contributed by atoms with Gasteiger partial charge in [-0.05, 0) is 6.07 Å². The number of aromatic nitrogens is 3. The molecule has 1 amide bonds. The van der Waals surface area contributed by atoms with E-state index >= 15 is 0 Å². The predicted molar refractivity (Wildman–Crippen MR) is 60.9 cm³/mol. The molecule has 6 nitrogen and oxygen atoms in total. The number of thiazole rings is 1. The fraction of sp³-hybridized carbons (Fsp3) is 0.111. The van der Waals surface area contributed by atoms with E-state index in [9.17, 15) is 4.79 Å². The molecule has 16 heavy (non-hydrogen) atoms. The molecule has 0 aliphatic rings. The fourth-order valence-electron chi connectivity index (χ4n) is 1.18. The maximum Gasteiger partial charge on any atom is 0.263 e. The third kappa shape index (κ3) is 1.84. The lowest BCUT2D eigenvalue weighted by Gasteiger charge is -1.98. The number of nitrogen functional groups attached to an aromatic ring is 1. The Bertz CT molecular complexity index is 510. The van der Waals surface area contributed by atoms with Gasteiger partial charge in [0.15, 0.2) is 11.0 Å². The molecule has 2 heterocycles. The summed E-state index contributed by atoms with van der Waals surface area (Å²) in [5.41, 5.74) is 6.00. The van der Waals surface area contributed by atoms with Gasteiger partial charge in [-0.3, -0.25) is 4.79 Å². The molecule has 0 spiro atoms. The third-order valence-electron chi connectivity index (χ3n) is 1.85. The molecule has 2 rings (SSSR count). The van der Waals surface area contributed by atoms with Gasteiger partial charge in [-0.15, -0.1) is 0 Å². The largest absolute Gasteiger partial charge is 0.375 e. The summed E-state index contributed by atoms with van der Waals surface area (Å²) in [7, 11) is 1.55. The van der Waals surface area contributed by atoms with Gasteiger partial charge in [-0.1, -0.05) is 11.3 Å². The van der Waals surface area contributed by atoms with Crippen LogP contribution in [0.3, 0.4) is 0 Å². The molecule has 3 N–H and O–H groups in total. The Labute approximate surface area is 95.6 Å². The predicted octanol–water partition coefficient (Wildman–Crippen LogP) is 0.542. The highest BCUT2D eigenvalue weighted by Gasteiger charge is 2.19. The van der Waals surface area contributed by atoms with Crippen molar-refractivity contribution in [3.63, 3.8) is 0 Å². The summed E-state index contributed by atoms with van der Waals surface area (Å²) in [4.78, 5) is 24.1. The Hall–Kier alpha value is -2.02. The summed E-state index contributed by atoms with van der Waals surface area (Å²) in [5, 5.41) is 2.85. The van der Waals surface area contributed by atoms with E-state index in [1.54, 1.807) is 25.5 Å². The number of hydrogen-bond donors (Lipinski definition) is 2. The fourth-order valence-corrected chi connectivity index (χ4v) is 1.95. The summed E-state index contributed by atoms with van der Waals surface area (Å²) in [5.74, 6) is 0.158. The van der Waals surface area contributed by atoms with E-state index in [4.69, 9.17) is 5.73 Å². The van der Waals surface area contributed by atoms with Crippen LogP contribution >= 0.6 is 11.3 Å². The van der Waals surface area contributed by atoms with Crippen molar-refractivity contribution >= 4 is 22.4 Å². The summed E-state index contributed by atoms with van der Waals surface area (Å²) >= 11 is 1.12. The zero-order valence-corrected chi connectivity index (χ0v) is 9.28. The molecule has 0 atom stereocenters. The lowest BCUT2D eigenvalue weighted by molar-refractivity contribution is 0.0967. The van der Waals surface area contributed by atoms with Crippen molar-refractivity contribution < 1.29 is 4.79 Å². The van der Waals surface area contributed by atoms with Crippen molar-refractivity contribution in [1.29, 1.82) is 0 Å². The number of carbonyl (C=O) groups excluding carboxylic acids is 1. The number of hydrogen-bond acceptors (Lipinski definition) is 6. The first kappa shape index (κ1) is 10.5. The Kier molecular flexibility index (Phi) is 2.78. The second-order valence-electron chi connectivity index (χ2n) is 2.88. The molecule has 0 aliphatic carbocycles. The summed E-state index contributed by atoms with van der Waals surface area (Å²) in [6.07, 6.45) is 3.18. The van der Waals surface area contributed by atoms with E-state index in [1.165, 1.54) is 0 Å². The molecule has 0 radical (unpaired) electrons. The molecule has 0 aromatic carbocycles. The van der Waals surface area contributed by atoms with Crippen LogP contribution < -0.4 is 11.1 Å². The molecule has 0 aliphatic heterocycles. The zero-order chi connectivity index (χ0) is 11.5. The highest BCUT2D eigenvalue weighted by Crippen LogP contribution is 2.26. The quantitative estimate of drug-likeness (QED) is 0.792. The molecule has 0 fully saturated rings. The van der Waals surface area contributed by atoms with Crippen LogP contribution in [0.15, 0.2) is 18.5 Å². The van der Waals surface area contributed by atoms with Crippen LogP contribution in [0.1, 0.15) is 9.67 Å². The van der Waals surface area contributed by atoms with Gasteiger partial charge in [-0.2, -0.15) is 0 Å². The molecule has 82 valence electrons. The molecular weight excluding hydrogens is 226 g/mol. The second-order valence-corrected chi connectivity index (χ2v) is 3.91. The molecule has 0 saturated carbocycles. The first-order chi connectivity index (χ1) is 7.72. The molecule has 2 aromatic heterocycles. The van der Waals surface area contributed by atoms with E-state index in [0.29, 0.717) is 21.5 Å². The monoisotopic (exact) mass is 235 g/mol. The lowest BCUT2D eigenvalue weighted by Crippen LogP contribution is -2.17. The number of nitrogens with one attached hydrogen (secondary N) is 1. The van der Waals surface area contributed by atoms with Crippen molar-refractivity contribution in [2.24, 2.45) is 0 Å². The first-order valence-corrected chi connectivity index (χ1v) is 5.30. The molecule has 0 bridgehead atoms. The average Bonchev–Trinajstić information content (AvgIpc) is 2.71. The van der Waals surface area contributed by atoms with Gasteiger partial charge in [-0.25, -0.2) is 15.0 Å². The van der Waals surface area contributed by atoms with Gasteiger partial charge in [0.05, 0.1) is 0 Å². The number of amides is 1. The number of nitrogens with zero attached hydrogens (tertiary/aromatic N) is 3. The maximum absolute atomic E-state index is 11.6. The van der Waals surface area contributed by atoms with Crippen molar-refractivity contribution in [1.82, 2.24) is 20.3 Å². The van der Waals surface area contributed by atoms with Gasteiger partial charge in [0, 0.05) is 19.4 Å². The highest BCUT2D eigenvalue weighted by atomic mass is 32.1. The van der Waals surface area contributed by atoms with Gasteiger partial charge in [0.2, 0.25) is 0 Å². The SMILES string of the molecule is CNC(=O)c1sc(N)nc1-c1ncccn1. The molecule has 7 heteroatoms. The smallest absolute Gasteiger partial charge is 0.263 e.